The standard InChI is InChI=1S/C20H27N/c1-3-5-7-9-17-10-13-19(14-11-17)20-15-12-18(16-21-20)8-6-4-2/h10-16H,3-9H2,1-2H3. The third-order valence-electron chi connectivity index (χ3n) is 3.96. The number of nitrogens with zero attached hydrogens (tertiary/aromatic N) is 1. The van der Waals surface area contributed by atoms with Crippen LogP contribution in [0.1, 0.15) is 57.1 Å². The summed E-state index contributed by atoms with van der Waals surface area (Å²) in [7, 11) is 0. The van der Waals surface area contributed by atoms with E-state index in [1.807, 2.05) is 6.20 Å². The quantitative estimate of drug-likeness (QED) is 0.555. The molecule has 2 rings (SSSR count). The van der Waals surface area contributed by atoms with Gasteiger partial charge in [0.2, 0.25) is 0 Å². The molecule has 112 valence electrons. The molecule has 2 aromatic rings. The normalized spacial score (nSPS) is 10.8. The van der Waals surface area contributed by atoms with Crippen LogP contribution >= 0.6 is 0 Å². The van der Waals surface area contributed by atoms with E-state index in [1.54, 1.807) is 0 Å². The molecule has 1 aromatic heterocycles. The second kappa shape index (κ2) is 8.61. The molecule has 1 aromatic carbocycles. The summed E-state index contributed by atoms with van der Waals surface area (Å²) in [5, 5.41) is 0. The minimum Gasteiger partial charge on any atom is -0.256 e. The van der Waals surface area contributed by atoms with E-state index < -0.39 is 0 Å². The third-order valence-corrected chi connectivity index (χ3v) is 3.96. The van der Waals surface area contributed by atoms with Crippen molar-refractivity contribution in [2.45, 2.75) is 58.8 Å². The van der Waals surface area contributed by atoms with Gasteiger partial charge < -0.3 is 0 Å². The van der Waals surface area contributed by atoms with E-state index in [9.17, 15) is 0 Å². The lowest BCUT2D eigenvalue weighted by molar-refractivity contribution is 0.717. The lowest BCUT2D eigenvalue weighted by atomic mass is 10.0. The molecule has 1 nitrogen and oxygen atoms in total. The molecule has 0 unspecified atom stereocenters. The zero-order chi connectivity index (χ0) is 14.9. The maximum absolute atomic E-state index is 4.61. The highest BCUT2D eigenvalue weighted by molar-refractivity contribution is 5.59. The Morgan fingerprint density at radius 2 is 1.38 bits per heavy atom. The molecule has 0 saturated heterocycles. The van der Waals surface area contributed by atoms with Gasteiger partial charge in [0.25, 0.3) is 0 Å². The summed E-state index contributed by atoms with van der Waals surface area (Å²) in [6, 6.07) is 13.3. The second-order valence-electron chi connectivity index (χ2n) is 5.81. The first-order valence-corrected chi connectivity index (χ1v) is 8.37. The molecular weight excluding hydrogens is 254 g/mol. The summed E-state index contributed by atoms with van der Waals surface area (Å²) >= 11 is 0. The van der Waals surface area contributed by atoms with Gasteiger partial charge in [-0.2, -0.15) is 0 Å². The third kappa shape index (κ3) is 5.00. The van der Waals surface area contributed by atoms with Gasteiger partial charge in [-0.3, -0.25) is 4.98 Å². The van der Waals surface area contributed by atoms with Crippen LogP contribution in [0.4, 0.5) is 0 Å². The summed E-state index contributed by atoms with van der Waals surface area (Å²) in [6.45, 7) is 4.48. The Morgan fingerprint density at radius 3 is 2.00 bits per heavy atom. The molecule has 0 saturated carbocycles. The average molecular weight is 281 g/mol. The number of rotatable bonds is 8. The lowest BCUT2D eigenvalue weighted by Crippen LogP contribution is -1.90. The van der Waals surface area contributed by atoms with E-state index >= 15 is 0 Å². The number of pyridine rings is 1. The maximum Gasteiger partial charge on any atom is 0.0702 e. The molecule has 0 atom stereocenters. The minimum atomic E-state index is 1.08. The molecule has 0 aliphatic rings. The van der Waals surface area contributed by atoms with Gasteiger partial charge in [-0.05, 0) is 42.9 Å². The molecular formula is C20H27N. The van der Waals surface area contributed by atoms with Crippen LogP contribution in [0.15, 0.2) is 42.6 Å². The van der Waals surface area contributed by atoms with Gasteiger partial charge >= 0.3 is 0 Å². The predicted molar refractivity (Wildman–Crippen MR) is 91.5 cm³/mol. The number of hydrogen-bond donors (Lipinski definition) is 0. The molecule has 0 fully saturated rings. The van der Waals surface area contributed by atoms with Crippen LogP contribution in [0.25, 0.3) is 11.3 Å². The number of unbranched alkanes of at least 4 members (excludes halogenated alkanes) is 3. The lowest BCUT2D eigenvalue weighted by Gasteiger charge is -2.05. The summed E-state index contributed by atoms with van der Waals surface area (Å²) in [6.07, 6.45) is 10.7. The van der Waals surface area contributed by atoms with Crippen LogP contribution in [0, 0.1) is 0 Å². The number of hydrogen-bond acceptors (Lipinski definition) is 1. The van der Waals surface area contributed by atoms with Gasteiger partial charge in [-0.1, -0.05) is 63.4 Å². The van der Waals surface area contributed by atoms with Crippen molar-refractivity contribution >= 4 is 0 Å². The van der Waals surface area contributed by atoms with Crippen molar-refractivity contribution < 1.29 is 0 Å². The van der Waals surface area contributed by atoms with Crippen molar-refractivity contribution in [1.82, 2.24) is 4.98 Å². The Morgan fingerprint density at radius 1 is 0.714 bits per heavy atom. The van der Waals surface area contributed by atoms with Gasteiger partial charge in [0.15, 0.2) is 0 Å². The fourth-order valence-electron chi connectivity index (χ4n) is 2.55. The fraction of sp³-hybridized carbons (Fsp3) is 0.450. The van der Waals surface area contributed by atoms with Gasteiger partial charge in [0.1, 0.15) is 0 Å². The topological polar surface area (TPSA) is 12.9 Å². The summed E-state index contributed by atoms with van der Waals surface area (Å²) in [5.41, 5.74) is 5.08. The average Bonchev–Trinajstić information content (AvgIpc) is 2.54. The maximum atomic E-state index is 4.61. The minimum absolute atomic E-state index is 1.08. The molecule has 0 spiro atoms. The van der Waals surface area contributed by atoms with E-state index in [-0.39, 0.29) is 0 Å². The summed E-state index contributed by atoms with van der Waals surface area (Å²) in [5.74, 6) is 0. The van der Waals surface area contributed by atoms with Crippen LogP contribution in [-0.2, 0) is 12.8 Å². The Hall–Kier alpha value is -1.63. The monoisotopic (exact) mass is 281 g/mol. The molecule has 1 heteroatoms. The molecule has 0 aliphatic carbocycles. The highest BCUT2D eigenvalue weighted by atomic mass is 14.7. The van der Waals surface area contributed by atoms with Crippen LogP contribution in [0.5, 0.6) is 0 Å². The fourth-order valence-corrected chi connectivity index (χ4v) is 2.55. The molecule has 21 heavy (non-hydrogen) atoms. The Bertz CT molecular complexity index is 511. The van der Waals surface area contributed by atoms with E-state index in [0.29, 0.717) is 0 Å². The Kier molecular flexibility index (Phi) is 6.46. The van der Waals surface area contributed by atoms with Crippen LogP contribution in [0.2, 0.25) is 0 Å². The van der Waals surface area contributed by atoms with Gasteiger partial charge in [-0.15, -0.1) is 0 Å². The zero-order valence-electron chi connectivity index (χ0n) is 13.4. The highest BCUT2D eigenvalue weighted by Gasteiger charge is 2.01. The number of aryl methyl sites for hydroxylation is 2. The summed E-state index contributed by atoms with van der Waals surface area (Å²) < 4.78 is 0. The largest absolute Gasteiger partial charge is 0.256 e. The van der Waals surface area contributed by atoms with E-state index in [4.69, 9.17) is 0 Å². The molecule has 0 amide bonds. The van der Waals surface area contributed by atoms with Crippen molar-refractivity contribution in [3.8, 4) is 11.3 Å². The Labute approximate surface area is 129 Å². The predicted octanol–water partition coefficient (Wildman–Crippen LogP) is 5.82. The van der Waals surface area contributed by atoms with Gasteiger partial charge in [0.05, 0.1) is 5.69 Å². The van der Waals surface area contributed by atoms with Crippen LogP contribution < -0.4 is 0 Å². The molecule has 0 N–H and O–H groups in total. The van der Waals surface area contributed by atoms with E-state index in [1.165, 1.54) is 55.2 Å². The molecule has 0 radical (unpaired) electrons. The van der Waals surface area contributed by atoms with Crippen molar-refractivity contribution in [1.29, 1.82) is 0 Å². The van der Waals surface area contributed by atoms with Crippen molar-refractivity contribution in [3.63, 3.8) is 0 Å². The van der Waals surface area contributed by atoms with E-state index in [0.717, 1.165) is 12.1 Å². The second-order valence-corrected chi connectivity index (χ2v) is 5.81. The Balaban J connectivity index is 1.97. The van der Waals surface area contributed by atoms with Crippen molar-refractivity contribution in [2.75, 3.05) is 0 Å². The highest BCUT2D eigenvalue weighted by Crippen LogP contribution is 2.19. The number of aromatic nitrogens is 1. The van der Waals surface area contributed by atoms with E-state index in [2.05, 4.69) is 55.2 Å². The van der Waals surface area contributed by atoms with Crippen LogP contribution in [0.3, 0.4) is 0 Å². The summed E-state index contributed by atoms with van der Waals surface area (Å²) in [4.78, 5) is 4.61. The first kappa shape index (κ1) is 15.8. The molecule has 0 bridgehead atoms. The molecule has 0 aliphatic heterocycles. The van der Waals surface area contributed by atoms with Gasteiger partial charge in [0, 0.05) is 11.8 Å². The van der Waals surface area contributed by atoms with Crippen molar-refractivity contribution in [3.05, 3.63) is 53.7 Å². The SMILES string of the molecule is CCCCCc1ccc(-c2ccc(CCCC)cn2)cc1. The van der Waals surface area contributed by atoms with Gasteiger partial charge in [-0.25, -0.2) is 0 Å². The first-order valence-electron chi connectivity index (χ1n) is 8.37. The number of benzene rings is 1. The van der Waals surface area contributed by atoms with Crippen LogP contribution in [-0.4, -0.2) is 4.98 Å². The zero-order valence-corrected chi connectivity index (χ0v) is 13.4. The molecule has 1 heterocycles. The van der Waals surface area contributed by atoms with Crippen molar-refractivity contribution in [2.24, 2.45) is 0 Å². The first-order chi connectivity index (χ1) is 10.3. The smallest absolute Gasteiger partial charge is 0.0702 e.